The molecular formula is C11H24O4. The Kier molecular flexibility index (Phi) is 11.8. The maximum Gasteiger partial charge on any atom is 0.0701 e. The van der Waals surface area contributed by atoms with Crippen molar-refractivity contribution in [1.29, 1.82) is 0 Å². The van der Waals surface area contributed by atoms with Crippen molar-refractivity contribution in [3.63, 3.8) is 0 Å². The Hall–Kier alpha value is -0.160. The first-order chi connectivity index (χ1) is 7.31. The fraction of sp³-hybridized carbons (Fsp3) is 1.00. The second-order valence-electron chi connectivity index (χ2n) is 3.59. The van der Waals surface area contributed by atoms with Crippen LogP contribution in [-0.2, 0) is 14.2 Å². The third-order valence-electron chi connectivity index (χ3n) is 1.81. The van der Waals surface area contributed by atoms with E-state index in [2.05, 4.69) is 6.92 Å². The Morgan fingerprint density at radius 1 is 0.933 bits per heavy atom. The number of hydrogen-bond acceptors (Lipinski definition) is 4. The Labute approximate surface area is 92.5 Å². The molecule has 0 saturated carbocycles. The van der Waals surface area contributed by atoms with Crippen LogP contribution in [0.4, 0.5) is 0 Å². The van der Waals surface area contributed by atoms with Crippen molar-refractivity contribution < 1.29 is 19.3 Å². The van der Waals surface area contributed by atoms with Gasteiger partial charge in [0, 0.05) is 19.1 Å². The molecule has 4 nitrogen and oxygen atoms in total. The SMILES string of the molecule is CCCOCCOCCOCC(C)CO. The molecule has 0 bridgehead atoms. The quantitative estimate of drug-likeness (QED) is 0.529. The summed E-state index contributed by atoms with van der Waals surface area (Å²) in [5, 5.41) is 8.73. The van der Waals surface area contributed by atoms with Crippen molar-refractivity contribution in [3.8, 4) is 0 Å². The molecule has 0 aliphatic rings. The number of ether oxygens (including phenoxy) is 3. The van der Waals surface area contributed by atoms with Gasteiger partial charge in [-0.05, 0) is 6.42 Å². The second-order valence-corrected chi connectivity index (χ2v) is 3.59. The van der Waals surface area contributed by atoms with E-state index in [0.717, 1.165) is 13.0 Å². The van der Waals surface area contributed by atoms with Crippen LogP contribution in [-0.4, -0.2) is 51.4 Å². The minimum Gasteiger partial charge on any atom is -0.396 e. The van der Waals surface area contributed by atoms with Gasteiger partial charge in [0.2, 0.25) is 0 Å². The van der Waals surface area contributed by atoms with E-state index in [-0.39, 0.29) is 12.5 Å². The molecule has 0 saturated heterocycles. The van der Waals surface area contributed by atoms with Crippen LogP contribution in [0.5, 0.6) is 0 Å². The Morgan fingerprint density at radius 2 is 1.47 bits per heavy atom. The zero-order valence-electron chi connectivity index (χ0n) is 9.91. The predicted molar refractivity (Wildman–Crippen MR) is 59.0 cm³/mol. The molecule has 0 aromatic carbocycles. The average molecular weight is 220 g/mol. The molecule has 0 amide bonds. The average Bonchev–Trinajstić information content (AvgIpc) is 2.26. The molecule has 0 fully saturated rings. The summed E-state index contributed by atoms with van der Waals surface area (Å²) in [7, 11) is 0. The predicted octanol–water partition coefficient (Wildman–Crippen LogP) is 1.07. The molecular weight excluding hydrogens is 196 g/mol. The van der Waals surface area contributed by atoms with Gasteiger partial charge >= 0.3 is 0 Å². The summed E-state index contributed by atoms with van der Waals surface area (Å²) in [6.45, 7) is 8.04. The highest BCUT2D eigenvalue weighted by atomic mass is 16.5. The maximum absolute atomic E-state index is 8.73. The molecule has 15 heavy (non-hydrogen) atoms. The van der Waals surface area contributed by atoms with Crippen molar-refractivity contribution in [1.82, 2.24) is 0 Å². The number of rotatable bonds is 11. The lowest BCUT2D eigenvalue weighted by molar-refractivity contribution is 0.00434. The number of hydrogen-bond donors (Lipinski definition) is 1. The zero-order valence-corrected chi connectivity index (χ0v) is 9.91. The smallest absolute Gasteiger partial charge is 0.0701 e. The van der Waals surface area contributed by atoms with E-state index in [9.17, 15) is 0 Å². The van der Waals surface area contributed by atoms with Gasteiger partial charge in [0.15, 0.2) is 0 Å². The lowest BCUT2D eigenvalue weighted by Crippen LogP contribution is -2.14. The maximum atomic E-state index is 8.73. The van der Waals surface area contributed by atoms with Gasteiger partial charge in [0.25, 0.3) is 0 Å². The first-order valence-electron chi connectivity index (χ1n) is 5.65. The summed E-state index contributed by atoms with van der Waals surface area (Å²) < 4.78 is 15.8. The molecule has 1 unspecified atom stereocenters. The topological polar surface area (TPSA) is 47.9 Å². The van der Waals surface area contributed by atoms with Crippen LogP contribution in [0.1, 0.15) is 20.3 Å². The fourth-order valence-corrected chi connectivity index (χ4v) is 0.921. The number of aliphatic hydroxyl groups is 1. The summed E-state index contributed by atoms with van der Waals surface area (Å²) in [6.07, 6.45) is 1.04. The highest BCUT2D eigenvalue weighted by molar-refractivity contribution is 4.45. The monoisotopic (exact) mass is 220 g/mol. The first kappa shape index (κ1) is 14.8. The van der Waals surface area contributed by atoms with Crippen LogP contribution in [0.25, 0.3) is 0 Å². The Bertz CT molecular complexity index is 119. The van der Waals surface area contributed by atoms with Gasteiger partial charge in [0.1, 0.15) is 0 Å². The van der Waals surface area contributed by atoms with E-state index in [1.54, 1.807) is 0 Å². The summed E-state index contributed by atoms with van der Waals surface area (Å²) in [4.78, 5) is 0. The summed E-state index contributed by atoms with van der Waals surface area (Å²) in [5.74, 6) is 0.206. The molecule has 0 heterocycles. The molecule has 0 aliphatic heterocycles. The Balaban J connectivity index is 2.92. The van der Waals surface area contributed by atoms with Crippen LogP contribution in [0.2, 0.25) is 0 Å². The van der Waals surface area contributed by atoms with Crippen LogP contribution < -0.4 is 0 Å². The Morgan fingerprint density at radius 3 is 2.00 bits per heavy atom. The van der Waals surface area contributed by atoms with Crippen molar-refractivity contribution >= 4 is 0 Å². The van der Waals surface area contributed by atoms with Gasteiger partial charge in [-0.15, -0.1) is 0 Å². The van der Waals surface area contributed by atoms with E-state index < -0.39 is 0 Å². The highest BCUT2D eigenvalue weighted by Gasteiger charge is 1.98. The molecule has 0 aromatic rings. The van der Waals surface area contributed by atoms with Crippen LogP contribution in [0, 0.1) is 5.92 Å². The third kappa shape index (κ3) is 11.8. The normalized spacial score (nSPS) is 13.0. The van der Waals surface area contributed by atoms with Crippen molar-refractivity contribution in [2.45, 2.75) is 20.3 Å². The van der Waals surface area contributed by atoms with Gasteiger partial charge < -0.3 is 19.3 Å². The molecule has 92 valence electrons. The van der Waals surface area contributed by atoms with Gasteiger partial charge in [-0.3, -0.25) is 0 Å². The molecule has 0 aliphatic carbocycles. The van der Waals surface area contributed by atoms with E-state index >= 15 is 0 Å². The van der Waals surface area contributed by atoms with Gasteiger partial charge in [-0.2, -0.15) is 0 Å². The van der Waals surface area contributed by atoms with Gasteiger partial charge in [-0.1, -0.05) is 13.8 Å². The van der Waals surface area contributed by atoms with Crippen LogP contribution in [0.3, 0.4) is 0 Å². The van der Waals surface area contributed by atoms with Crippen molar-refractivity contribution in [3.05, 3.63) is 0 Å². The molecule has 1 N–H and O–H groups in total. The standard InChI is InChI=1S/C11H24O4/c1-3-4-13-5-6-14-7-8-15-10-11(2)9-12/h11-12H,3-10H2,1-2H3. The summed E-state index contributed by atoms with van der Waals surface area (Å²) in [6, 6.07) is 0. The van der Waals surface area contributed by atoms with E-state index in [4.69, 9.17) is 19.3 Å². The number of aliphatic hydroxyl groups excluding tert-OH is 1. The highest BCUT2D eigenvalue weighted by Crippen LogP contribution is 1.93. The molecule has 0 radical (unpaired) electrons. The minimum absolute atomic E-state index is 0.172. The van der Waals surface area contributed by atoms with Crippen LogP contribution in [0.15, 0.2) is 0 Å². The summed E-state index contributed by atoms with van der Waals surface area (Å²) in [5.41, 5.74) is 0. The second kappa shape index (κ2) is 11.9. The molecule has 4 heteroatoms. The molecule has 0 rings (SSSR count). The minimum atomic E-state index is 0.172. The van der Waals surface area contributed by atoms with Crippen molar-refractivity contribution in [2.24, 2.45) is 5.92 Å². The van der Waals surface area contributed by atoms with Crippen LogP contribution >= 0.6 is 0 Å². The lowest BCUT2D eigenvalue weighted by atomic mass is 10.2. The molecule has 0 spiro atoms. The summed E-state index contributed by atoms with van der Waals surface area (Å²) >= 11 is 0. The molecule has 0 aromatic heterocycles. The zero-order chi connectivity index (χ0) is 11.4. The van der Waals surface area contributed by atoms with E-state index in [1.165, 1.54) is 0 Å². The van der Waals surface area contributed by atoms with E-state index in [0.29, 0.717) is 33.0 Å². The first-order valence-corrected chi connectivity index (χ1v) is 5.65. The molecule has 1 atom stereocenters. The fourth-order valence-electron chi connectivity index (χ4n) is 0.921. The van der Waals surface area contributed by atoms with E-state index in [1.807, 2.05) is 6.92 Å². The third-order valence-corrected chi connectivity index (χ3v) is 1.81. The van der Waals surface area contributed by atoms with Gasteiger partial charge in [0.05, 0.1) is 33.0 Å². The van der Waals surface area contributed by atoms with Crippen molar-refractivity contribution in [2.75, 3.05) is 46.2 Å². The lowest BCUT2D eigenvalue weighted by Gasteiger charge is -2.09. The van der Waals surface area contributed by atoms with Gasteiger partial charge in [-0.25, -0.2) is 0 Å². The largest absolute Gasteiger partial charge is 0.396 e.